The maximum Gasteiger partial charge on any atom is 0.244 e. The fourth-order valence-electron chi connectivity index (χ4n) is 1.84. The van der Waals surface area contributed by atoms with Crippen molar-refractivity contribution in [2.24, 2.45) is 0 Å². The minimum Gasteiger partial charge on any atom is -0.385 e. The number of methoxy groups -OCH3 is 1. The minimum absolute atomic E-state index is 0.102. The van der Waals surface area contributed by atoms with E-state index in [2.05, 4.69) is 31.1 Å². The highest BCUT2D eigenvalue weighted by atomic mass is 16.5. The number of hydrogen-bond acceptors (Lipinski definition) is 7. The molecule has 1 aromatic carbocycles. The van der Waals surface area contributed by atoms with Crippen LogP contribution in [0.3, 0.4) is 0 Å². The first-order chi connectivity index (χ1) is 11.2. The van der Waals surface area contributed by atoms with Crippen LogP contribution in [-0.4, -0.2) is 41.3 Å². The van der Waals surface area contributed by atoms with Gasteiger partial charge in [0.15, 0.2) is 5.82 Å². The molecule has 0 aliphatic rings. The Morgan fingerprint density at radius 2 is 1.96 bits per heavy atom. The van der Waals surface area contributed by atoms with E-state index in [1.807, 2.05) is 24.3 Å². The first-order valence-electron chi connectivity index (χ1n) is 7.24. The van der Waals surface area contributed by atoms with Crippen LogP contribution in [0.25, 0.3) is 0 Å². The Bertz CT molecular complexity index is 632. The van der Waals surface area contributed by atoms with Crippen molar-refractivity contribution in [1.82, 2.24) is 15.2 Å². The average molecular weight is 316 g/mol. The predicted molar refractivity (Wildman–Crippen MR) is 88.8 cm³/mol. The molecule has 0 aliphatic carbocycles. The first kappa shape index (κ1) is 16.6. The number of hydrogen-bond donors (Lipinski definition) is 3. The molecule has 0 unspecified atom stereocenters. The van der Waals surface area contributed by atoms with Crippen molar-refractivity contribution < 1.29 is 9.53 Å². The highest BCUT2D eigenvalue weighted by Crippen LogP contribution is 2.17. The van der Waals surface area contributed by atoms with Crippen molar-refractivity contribution in [3.8, 4) is 0 Å². The summed E-state index contributed by atoms with van der Waals surface area (Å²) >= 11 is 0. The Labute approximate surface area is 134 Å². The molecular formula is C15H20N6O2. The van der Waals surface area contributed by atoms with Gasteiger partial charge in [0.1, 0.15) is 0 Å². The van der Waals surface area contributed by atoms with E-state index in [1.165, 1.54) is 6.92 Å². The number of ether oxygens (including phenoxy) is 1. The van der Waals surface area contributed by atoms with Gasteiger partial charge in [-0.05, 0) is 30.7 Å². The van der Waals surface area contributed by atoms with Gasteiger partial charge in [0, 0.05) is 38.6 Å². The van der Waals surface area contributed by atoms with E-state index in [9.17, 15) is 4.79 Å². The maximum atomic E-state index is 11.0. The van der Waals surface area contributed by atoms with Crippen LogP contribution in [0.15, 0.2) is 30.5 Å². The van der Waals surface area contributed by atoms with Gasteiger partial charge in [0.2, 0.25) is 11.9 Å². The summed E-state index contributed by atoms with van der Waals surface area (Å²) in [5, 5.41) is 16.8. The molecule has 1 aromatic heterocycles. The lowest BCUT2D eigenvalue weighted by Gasteiger charge is -2.08. The Kier molecular flexibility index (Phi) is 6.25. The monoisotopic (exact) mass is 316 g/mol. The number of anilines is 4. The van der Waals surface area contributed by atoms with Gasteiger partial charge < -0.3 is 20.7 Å². The number of amides is 1. The van der Waals surface area contributed by atoms with Gasteiger partial charge >= 0.3 is 0 Å². The van der Waals surface area contributed by atoms with Crippen molar-refractivity contribution in [2.45, 2.75) is 13.3 Å². The Hall–Kier alpha value is -2.74. The lowest BCUT2D eigenvalue weighted by atomic mass is 10.3. The molecule has 8 heteroatoms. The van der Waals surface area contributed by atoms with E-state index in [-0.39, 0.29) is 5.91 Å². The third kappa shape index (κ3) is 5.87. The summed E-state index contributed by atoms with van der Waals surface area (Å²) in [6.45, 7) is 2.86. The molecule has 0 bridgehead atoms. The highest BCUT2D eigenvalue weighted by Gasteiger charge is 2.02. The van der Waals surface area contributed by atoms with Crippen LogP contribution < -0.4 is 16.0 Å². The van der Waals surface area contributed by atoms with E-state index in [0.29, 0.717) is 24.9 Å². The Morgan fingerprint density at radius 3 is 2.65 bits per heavy atom. The zero-order chi connectivity index (χ0) is 16.5. The fraction of sp³-hybridized carbons (Fsp3) is 0.333. The molecule has 0 aliphatic heterocycles. The van der Waals surface area contributed by atoms with Crippen LogP contribution in [0.1, 0.15) is 13.3 Å². The molecule has 0 spiro atoms. The van der Waals surface area contributed by atoms with Crippen LogP contribution in [0.4, 0.5) is 23.1 Å². The summed E-state index contributed by atoms with van der Waals surface area (Å²) in [5.74, 6) is 0.942. The van der Waals surface area contributed by atoms with Crippen LogP contribution in [0.5, 0.6) is 0 Å². The van der Waals surface area contributed by atoms with E-state index < -0.39 is 0 Å². The lowest BCUT2D eigenvalue weighted by molar-refractivity contribution is -0.114. The van der Waals surface area contributed by atoms with Crippen molar-refractivity contribution in [1.29, 1.82) is 0 Å². The van der Waals surface area contributed by atoms with Crippen molar-refractivity contribution in [3.63, 3.8) is 0 Å². The normalized spacial score (nSPS) is 10.2. The summed E-state index contributed by atoms with van der Waals surface area (Å²) < 4.78 is 4.98. The summed E-state index contributed by atoms with van der Waals surface area (Å²) in [4.78, 5) is 15.3. The Morgan fingerprint density at radius 1 is 1.22 bits per heavy atom. The topological polar surface area (TPSA) is 101 Å². The molecule has 0 saturated heterocycles. The lowest BCUT2D eigenvalue weighted by Crippen LogP contribution is -2.09. The highest BCUT2D eigenvalue weighted by molar-refractivity contribution is 5.88. The first-order valence-corrected chi connectivity index (χ1v) is 7.24. The predicted octanol–water partition coefficient (Wildman–Crippen LogP) is 2.02. The smallest absolute Gasteiger partial charge is 0.244 e. The fourth-order valence-corrected chi connectivity index (χ4v) is 1.84. The summed E-state index contributed by atoms with van der Waals surface area (Å²) in [7, 11) is 1.67. The number of carbonyl (C=O) groups is 1. The van der Waals surface area contributed by atoms with Gasteiger partial charge in [0.25, 0.3) is 0 Å². The summed E-state index contributed by atoms with van der Waals surface area (Å²) in [6.07, 6.45) is 2.41. The number of rotatable bonds is 8. The second-order valence-corrected chi connectivity index (χ2v) is 4.82. The molecular weight excluding hydrogens is 296 g/mol. The molecule has 1 amide bonds. The summed E-state index contributed by atoms with van der Waals surface area (Å²) in [5.41, 5.74) is 1.58. The quantitative estimate of drug-likeness (QED) is 0.640. The standard InChI is InChI=1S/C15H20N6O2/c1-11(22)18-12-4-6-13(7-5-12)19-14-10-17-21-15(20-14)16-8-3-9-23-2/h4-7,10H,3,8-9H2,1-2H3,(H,18,22)(H2,16,19,20,21). The molecule has 0 saturated carbocycles. The number of nitrogens with zero attached hydrogens (tertiary/aromatic N) is 3. The average Bonchev–Trinajstić information content (AvgIpc) is 2.53. The zero-order valence-electron chi connectivity index (χ0n) is 13.2. The molecule has 3 N–H and O–H groups in total. The van der Waals surface area contributed by atoms with Gasteiger partial charge in [0.05, 0.1) is 6.20 Å². The van der Waals surface area contributed by atoms with E-state index >= 15 is 0 Å². The molecule has 2 rings (SSSR count). The number of aromatic nitrogens is 3. The Balaban J connectivity index is 1.93. The minimum atomic E-state index is -0.102. The van der Waals surface area contributed by atoms with Crippen LogP contribution in [0, 0.1) is 0 Å². The molecule has 0 fully saturated rings. The van der Waals surface area contributed by atoms with E-state index in [1.54, 1.807) is 13.3 Å². The molecule has 1 heterocycles. The van der Waals surface area contributed by atoms with E-state index in [4.69, 9.17) is 4.74 Å². The van der Waals surface area contributed by atoms with Gasteiger partial charge in [-0.3, -0.25) is 4.79 Å². The number of nitrogens with one attached hydrogen (secondary N) is 3. The second-order valence-electron chi connectivity index (χ2n) is 4.82. The SMILES string of the molecule is COCCCNc1nncc(Nc2ccc(NC(C)=O)cc2)n1. The number of benzene rings is 1. The number of carbonyl (C=O) groups excluding carboxylic acids is 1. The van der Waals surface area contributed by atoms with Gasteiger partial charge in [-0.15, -0.1) is 5.10 Å². The molecule has 2 aromatic rings. The van der Waals surface area contributed by atoms with Gasteiger partial charge in [-0.2, -0.15) is 10.1 Å². The molecule has 0 atom stereocenters. The molecule has 8 nitrogen and oxygen atoms in total. The van der Waals surface area contributed by atoms with Crippen LogP contribution >= 0.6 is 0 Å². The van der Waals surface area contributed by atoms with Gasteiger partial charge in [-0.25, -0.2) is 0 Å². The largest absolute Gasteiger partial charge is 0.385 e. The molecule has 0 radical (unpaired) electrons. The van der Waals surface area contributed by atoms with Crippen molar-refractivity contribution in [2.75, 3.05) is 36.2 Å². The van der Waals surface area contributed by atoms with E-state index in [0.717, 1.165) is 17.8 Å². The third-order valence-electron chi connectivity index (χ3n) is 2.84. The summed E-state index contributed by atoms with van der Waals surface area (Å²) in [6, 6.07) is 7.31. The van der Waals surface area contributed by atoms with Crippen molar-refractivity contribution >= 4 is 29.0 Å². The third-order valence-corrected chi connectivity index (χ3v) is 2.84. The maximum absolute atomic E-state index is 11.0. The molecule has 122 valence electrons. The van der Waals surface area contributed by atoms with Crippen LogP contribution in [0.2, 0.25) is 0 Å². The second kappa shape index (κ2) is 8.64. The zero-order valence-corrected chi connectivity index (χ0v) is 13.2. The van der Waals surface area contributed by atoms with Crippen molar-refractivity contribution in [3.05, 3.63) is 30.5 Å². The van der Waals surface area contributed by atoms with Crippen LogP contribution in [-0.2, 0) is 9.53 Å². The molecule has 23 heavy (non-hydrogen) atoms. The van der Waals surface area contributed by atoms with Gasteiger partial charge in [-0.1, -0.05) is 0 Å².